The number of fused-ring (bicyclic) bond motifs is 3. The Balaban J connectivity index is 1.33. The van der Waals surface area contributed by atoms with Crippen molar-refractivity contribution in [1.82, 2.24) is 30.7 Å². The molecule has 0 aliphatic carbocycles. The van der Waals surface area contributed by atoms with Crippen molar-refractivity contribution in [2.24, 2.45) is 5.92 Å². The summed E-state index contributed by atoms with van der Waals surface area (Å²) in [6.45, 7) is 5.08. The summed E-state index contributed by atoms with van der Waals surface area (Å²) in [7, 11) is 0. The molecule has 61 heavy (non-hydrogen) atoms. The first kappa shape index (κ1) is 44.9. The first-order valence-electron chi connectivity index (χ1n) is 20.4. The van der Waals surface area contributed by atoms with Crippen molar-refractivity contribution in [3.63, 3.8) is 0 Å². The van der Waals surface area contributed by atoms with Gasteiger partial charge in [-0.15, -0.1) is 0 Å². The van der Waals surface area contributed by atoms with E-state index in [9.17, 15) is 55.5 Å². The Morgan fingerprint density at radius 2 is 1.44 bits per heavy atom. The number of hydrogen-bond donors (Lipinski definition) is 3. The Morgan fingerprint density at radius 1 is 0.803 bits per heavy atom. The molecule has 2 aromatic rings. The van der Waals surface area contributed by atoms with Gasteiger partial charge in [-0.2, -0.15) is 13.2 Å². The van der Waals surface area contributed by atoms with Crippen molar-refractivity contribution in [1.29, 1.82) is 0 Å². The lowest BCUT2D eigenvalue weighted by molar-refractivity contribution is -0.163. The number of esters is 1. The van der Waals surface area contributed by atoms with E-state index in [4.69, 9.17) is 4.74 Å². The predicted octanol–water partition coefficient (Wildman–Crippen LogP) is 2.80. The molecule has 0 unspecified atom stereocenters. The monoisotopic (exact) mass is 860 g/mol. The lowest BCUT2D eigenvalue weighted by Crippen LogP contribution is -2.63. The van der Waals surface area contributed by atoms with Gasteiger partial charge in [0, 0.05) is 32.1 Å². The number of cyclic esters (lactones) is 1. The van der Waals surface area contributed by atoms with Gasteiger partial charge in [0.15, 0.2) is 0 Å². The molecule has 6 rings (SSSR count). The van der Waals surface area contributed by atoms with E-state index in [1.54, 1.807) is 0 Å². The van der Waals surface area contributed by atoms with Crippen molar-refractivity contribution in [2.75, 3.05) is 19.6 Å². The summed E-state index contributed by atoms with van der Waals surface area (Å²) >= 11 is 0. The summed E-state index contributed by atoms with van der Waals surface area (Å²) in [4.78, 5) is 102. The summed E-state index contributed by atoms with van der Waals surface area (Å²) in [6, 6.07) is -1.35. The highest BCUT2D eigenvalue weighted by atomic mass is 19.4. The van der Waals surface area contributed by atoms with Crippen molar-refractivity contribution >= 4 is 41.4 Å². The van der Waals surface area contributed by atoms with Crippen LogP contribution in [-0.2, 0) is 57.3 Å². The molecule has 0 saturated carbocycles. The van der Waals surface area contributed by atoms with Crippen LogP contribution in [0.3, 0.4) is 0 Å². The van der Waals surface area contributed by atoms with E-state index in [-0.39, 0.29) is 49.5 Å². The van der Waals surface area contributed by atoms with Crippen LogP contribution < -0.4 is 16.0 Å². The van der Waals surface area contributed by atoms with E-state index in [0.29, 0.717) is 31.7 Å². The van der Waals surface area contributed by atoms with Crippen LogP contribution in [0.15, 0.2) is 42.5 Å². The molecule has 3 N–H and O–H groups in total. The number of nitrogens with one attached hydrogen (secondary N) is 3. The second-order valence-corrected chi connectivity index (χ2v) is 16.4. The van der Waals surface area contributed by atoms with Gasteiger partial charge in [-0.25, -0.2) is 13.6 Å². The van der Waals surface area contributed by atoms with E-state index >= 15 is 0 Å². The lowest BCUT2D eigenvalue weighted by Gasteiger charge is -2.39. The fraction of sp³-hybridized carbons (Fsp3) is 0.548. The first-order chi connectivity index (χ1) is 28.8. The molecule has 4 aliphatic rings. The van der Waals surface area contributed by atoms with E-state index in [1.807, 2.05) is 6.92 Å². The summed E-state index contributed by atoms with van der Waals surface area (Å²) in [5.74, 6) is -7.39. The Labute approximate surface area is 348 Å². The zero-order valence-electron chi connectivity index (χ0n) is 33.9. The number of carbonyl (C=O) groups excluding carboxylic acids is 7. The van der Waals surface area contributed by atoms with Gasteiger partial charge in [0.1, 0.15) is 54.0 Å². The summed E-state index contributed by atoms with van der Waals surface area (Å²) < 4.78 is 74.0. The van der Waals surface area contributed by atoms with E-state index in [0.717, 1.165) is 36.4 Å². The predicted molar refractivity (Wildman–Crippen MR) is 206 cm³/mol. The van der Waals surface area contributed by atoms with E-state index in [2.05, 4.69) is 16.0 Å². The molecule has 19 heteroatoms. The van der Waals surface area contributed by atoms with Crippen LogP contribution in [0, 0.1) is 17.6 Å². The van der Waals surface area contributed by atoms with E-state index in [1.165, 1.54) is 28.5 Å². The average Bonchev–Trinajstić information content (AvgIpc) is 3.85. The minimum Gasteiger partial charge on any atom is -0.458 e. The van der Waals surface area contributed by atoms with Crippen LogP contribution in [0.2, 0.25) is 0 Å². The second kappa shape index (κ2) is 18.6. The SMILES string of the molecule is C[C@@H]1C[C@H]2C(=O)O[C@@H](C)[C@H](NC(=O)[C@H](Cc3cc(F)cc(F)c3)NC(=O)Cc3ccc(C(F)(F)F)cc3)C(=O)N3CCC[C@H]3C(=O)N3CCCC[C@H]3C(=O)N[C@@H](C)C(=O)N2C1. The van der Waals surface area contributed by atoms with Crippen LogP contribution in [-0.4, -0.2) is 118 Å². The number of halogens is 5. The smallest absolute Gasteiger partial charge is 0.416 e. The largest absolute Gasteiger partial charge is 0.458 e. The maximum absolute atomic E-state index is 14.7. The van der Waals surface area contributed by atoms with Crippen molar-refractivity contribution < 1.29 is 60.3 Å². The summed E-state index contributed by atoms with van der Waals surface area (Å²) in [5.41, 5.74) is -0.873. The third kappa shape index (κ3) is 10.5. The Bertz CT molecular complexity index is 2010. The van der Waals surface area contributed by atoms with Crippen molar-refractivity contribution in [3.05, 3.63) is 70.8 Å². The number of hydrogen-bond acceptors (Lipinski definition) is 8. The zero-order valence-corrected chi connectivity index (χ0v) is 33.9. The molecule has 0 aromatic heterocycles. The molecule has 0 spiro atoms. The number of alkyl halides is 3. The number of rotatable bonds is 7. The molecule has 330 valence electrons. The van der Waals surface area contributed by atoms with Crippen LogP contribution in [0.5, 0.6) is 0 Å². The molecular weight excluding hydrogens is 811 g/mol. The standard InChI is InChI=1S/C42H49F5N6O8/c1-22-15-33-41(60)61-24(3)35(40(59)52-14-6-8-32(52)39(58)51-13-5-4-7-31(51)37(56)48-23(2)38(57)53(33)21-22)50-36(55)30(18-26-16-28(43)20-29(44)17-26)49-34(54)19-25-9-11-27(12-10-25)42(45,46)47/h9-12,16-17,20,22-24,30-33,35H,4-8,13-15,18-19,21H2,1-3H3,(H,48,56)(H,49,54)(H,50,55)/t22-,23+,24+,30+,31+,32+,33+,35+/m1/s1. The molecule has 8 atom stereocenters. The first-order valence-corrected chi connectivity index (χ1v) is 20.4. The third-order valence-electron chi connectivity index (χ3n) is 11.7. The van der Waals surface area contributed by atoms with Crippen molar-refractivity contribution in [2.45, 2.75) is 121 Å². The zero-order chi connectivity index (χ0) is 44.3. The van der Waals surface area contributed by atoms with Gasteiger partial charge in [-0.05, 0) is 93.7 Å². The minimum atomic E-state index is -4.63. The number of benzene rings is 2. The van der Waals surface area contributed by atoms with Gasteiger partial charge in [0.05, 0.1) is 12.0 Å². The molecule has 0 radical (unpaired) electrons. The summed E-state index contributed by atoms with van der Waals surface area (Å²) in [6.07, 6.45) is -4.80. The van der Waals surface area contributed by atoms with Crippen LogP contribution in [0.25, 0.3) is 0 Å². The maximum Gasteiger partial charge on any atom is 0.416 e. The molecule has 14 nitrogen and oxygen atoms in total. The number of piperidine rings is 1. The second-order valence-electron chi connectivity index (χ2n) is 16.4. The fourth-order valence-corrected chi connectivity index (χ4v) is 8.64. The van der Waals surface area contributed by atoms with Crippen LogP contribution in [0.1, 0.15) is 76.0 Å². The molecule has 2 aromatic carbocycles. The highest BCUT2D eigenvalue weighted by molar-refractivity contribution is 5.98. The summed E-state index contributed by atoms with van der Waals surface area (Å²) in [5, 5.41) is 7.75. The highest BCUT2D eigenvalue weighted by Gasteiger charge is 2.47. The molecule has 4 aliphatic heterocycles. The molecule has 4 heterocycles. The fourth-order valence-electron chi connectivity index (χ4n) is 8.64. The normalized spacial score (nSPS) is 27.1. The average molecular weight is 861 g/mol. The number of ether oxygens (including phenoxy) is 1. The Hall–Kier alpha value is -5.62. The van der Waals surface area contributed by atoms with Gasteiger partial charge < -0.3 is 35.4 Å². The van der Waals surface area contributed by atoms with Gasteiger partial charge >= 0.3 is 12.1 Å². The highest BCUT2D eigenvalue weighted by Crippen LogP contribution is 2.30. The number of carbonyl (C=O) groups is 7. The molecule has 0 bridgehead atoms. The maximum atomic E-state index is 14.7. The lowest BCUT2D eigenvalue weighted by atomic mass is 9.99. The van der Waals surface area contributed by atoms with Gasteiger partial charge in [0.2, 0.25) is 35.4 Å². The molecular formula is C42H49F5N6O8. The minimum absolute atomic E-state index is 0.0578. The topological polar surface area (TPSA) is 175 Å². The third-order valence-corrected chi connectivity index (χ3v) is 11.7. The number of nitrogens with zero attached hydrogens (tertiary/aromatic N) is 3. The Morgan fingerprint density at radius 3 is 2.11 bits per heavy atom. The number of amides is 6. The quantitative estimate of drug-likeness (QED) is 0.282. The van der Waals surface area contributed by atoms with Gasteiger partial charge in [-0.1, -0.05) is 19.1 Å². The van der Waals surface area contributed by atoms with Gasteiger partial charge in [0.25, 0.3) is 0 Å². The van der Waals surface area contributed by atoms with Gasteiger partial charge in [-0.3, -0.25) is 28.8 Å². The van der Waals surface area contributed by atoms with Crippen molar-refractivity contribution in [3.8, 4) is 0 Å². The molecule has 4 saturated heterocycles. The molecule has 4 fully saturated rings. The Kier molecular flexibility index (Phi) is 13.7. The van der Waals surface area contributed by atoms with Crippen LogP contribution >= 0.6 is 0 Å². The van der Waals surface area contributed by atoms with Crippen LogP contribution in [0.4, 0.5) is 22.0 Å². The molecule has 6 amide bonds. The van der Waals surface area contributed by atoms with E-state index < -0.39 is 120 Å².